The average Bonchev–Trinajstić information content (AvgIpc) is 2.71. The summed E-state index contributed by atoms with van der Waals surface area (Å²) in [6.45, 7) is 3.96. The molecule has 0 radical (unpaired) electrons. The Labute approximate surface area is 160 Å². The number of alkyl halides is 1. The quantitative estimate of drug-likeness (QED) is 0.494. The number of halogens is 4. The van der Waals surface area contributed by atoms with E-state index in [2.05, 4.69) is 11.9 Å². The molecule has 0 bridgehead atoms. The third kappa shape index (κ3) is 6.20. The van der Waals surface area contributed by atoms with E-state index in [9.17, 15) is 17.7 Å². The summed E-state index contributed by atoms with van der Waals surface area (Å²) >= 11 is 0. The van der Waals surface area contributed by atoms with Gasteiger partial charge in [0.1, 0.15) is 0 Å². The van der Waals surface area contributed by atoms with Gasteiger partial charge in [-0.3, -0.25) is 4.39 Å². The molecule has 2 fully saturated rings. The van der Waals surface area contributed by atoms with Crippen molar-refractivity contribution in [1.29, 1.82) is 0 Å². The molecule has 0 amide bonds. The zero-order chi connectivity index (χ0) is 19.8. The average molecular weight is 388 g/mol. The predicted octanol–water partition coefficient (Wildman–Crippen LogP) is 7.24. The Bertz CT molecular complexity index is 562. The topological polar surface area (TPSA) is 9.23 Å². The van der Waals surface area contributed by atoms with E-state index in [0.29, 0.717) is 49.1 Å². The van der Waals surface area contributed by atoms with Crippen LogP contribution in [-0.4, -0.2) is 12.8 Å². The number of rotatable bonds is 4. The van der Waals surface area contributed by atoms with E-state index in [0.717, 1.165) is 18.8 Å². The minimum absolute atomic E-state index is 0.0307. The molecule has 1 aromatic rings. The molecule has 0 spiro atoms. The number of hydrogen-bond acceptors (Lipinski definition) is 1. The van der Waals surface area contributed by atoms with E-state index in [1.54, 1.807) is 19.1 Å². The number of hydrogen-bond donors (Lipinski definition) is 0. The van der Waals surface area contributed by atoms with Gasteiger partial charge in [0.25, 0.3) is 0 Å². The van der Waals surface area contributed by atoms with Crippen molar-refractivity contribution in [2.45, 2.75) is 83.7 Å². The molecule has 0 heterocycles. The molecule has 2 aliphatic rings. The van der Waals surface area contributed by atoms with Gasteiger partial charge in [-0.15, -0.1) is 0 Å². The molecule has 27 heavy (non-hydrogen) atoms. The molecular weight excluding hydrogens is 356 g/mol. The van der Waals surface area contributed by atoms with Crippen LogP contribution in [0.15, 0.2) is 12.1 Å². The molecular formula is C22H32F4O. The zero-order valence-electron chi connectivity index (χ0n) is 16.5. The van der Waals surface area contributed by atoms with Gasteiger partial charge >= 0.3 is 0 Å². The first-order valence-corrected chi connectivity index (χ1v) is 10.3. The summed E-state index contributed by atoms with van der Waals surface area (Å²) in [5.41, 5.74) is 0.819. The molecule has 0 saturated heterocycles. The first-order chi connectivity index (χ1) is 13.0. The smallest absolute Gasteiger partial charge is 0.162 e. The van der Waals surface area contributed by atoms with Gasteiger partial charge < -0.3 is 0 Å². The predicted molar refractivity (Wildman–Crippen MR) is 100 cm³/mol. The Morgan fingerprint density at radius 2 is 1.56 bits per heavy atom. The van der Waals surface area contributed by atoms with Crippen molar-refractivity contribution in [2.24, 2.45) is 11.8 Å². The lowest BCUT2D eigenvalue weighted by Gasteiger charge is -2.26. The highest BCUT2D eigenvalue weighted by molar-refractivity contribution is 5.29. The van der Waals surface area contributed by atoms with Crippen LogP contribution < -0.4 is 0 Å². The SMILES string of the molecule is CC1CCC(CF)CC1.CCc1ccc(C2CCC(OF)CC2)c(F)c1F. The minimum Gasteiger partial charge on any atom is -0.251 e. The van der Waals surface area contributed by atoms with Crippen molar-refractivity contribution in [3.8, 4) is 0 Å². The van der Waals surface area contributed by atoms with Crippen molar-refractivity contribution < 1.29 is 22.6 Å². The van der Waals surface area contributed by atoms with Crippen molar-refractivity contribution in [2.75, 3.05) is 6.67 Å². The normalized spacial score (nSPS) is 28.4. The third-order valence-electron chi connectivity index (χ3n) is 6.17. The van der Waals surface area contributed by atoms with Crippen LogP contribution in [0.4, 0.5) is 17.7 Å². The third-order valence-corrected chi connectivity index (χ3v) is 6.17. The molecule has 0 aromatic heterocycles. The summed E-state index contributed by atoms with van der Waals surface area (Å²) in [4.78, 5) is 3.80. The van der Waals surface area contributed by atoms with Gasteiger partial charge in [-0.2, -0.15) is 4.94 Å². The molecule has 1 aromatic carbocycles. The lowest BCUT2D eigenvalue weighted by Crippen LogP contribution is -2.19. The molecule has 0 N–H and O–H groups in total. The lowest BCUT2D eigenvalue weighted by molar-refractivity contribution is -0.188. The first kappa shape index (κ1) is 22.2. The second-order valence-electron chi connectivity index (χ2n) is 8.14. The number of aryl methyl sites for hydroxylation is 1. The zero-order valence-corrected chi connectivity index (χ0v) is 16.5. The van der Waals surface area contributed by atoms with Gasteiger partial charge in [0.15, 0.2) is 11.6 Å². The van der Waals surface area contributed by atoms with E-state index < -0.39 is 11.6 Å². The first-order valence-electron chi connectivity index (χ1n) is 10.3. The fraction of sp³-hybridized carbons (Fsp3) is 0.727. The van der Waals surface area contributed by atoms with E-state index in [-0.39, 0.29) is 18.7 Å². The van der Waals surface area contributed by atoms with E-state index >= 15 is 0 Å². The Balaban J connectivity index is 0.000000244. The highest BCUT2D eigenvalue weighted by Crippen LogP contribution is 2.36. The van der Waals surface area contributed by atoms with Gasteiger partial charge in [0, 0.05) is 0 Å². The van der Waals surface area contributed by atoms with Crippen LogP contribution in [-0.2, 0) is 11.4 Å². The van der Waals surface area contributed by atoms with E-state index in [4.69, 9.17) is 0 Å². The van der Waals surface area contributed by atoms with Crippen molar-refractivity contribution in [3.63, 3.8) is 0 Å². The molecule has 2 saturated carbocycles. The molecule has 1 nitrogen and oxygen atoms in total. The van der Waals surface area contributed by atoms with Crippen LogP contribution in [0.3, 0.4) is 0 Å². The lowest BCUT2D eigenvalue weighted by atomic mass is 9.82. The highest BCUT2D eigenvalue weighted by Gasteiger charge is 2.26. The van der Waals surface area contributed by atoms with Crippen molar-refractivity contribution in [3.05, 3.63) is 34.9 Å². The summed E-state index contributed by atoms with van der Waals surface area (Å²) in [5, 5.41) is 0. The van der Waals surface area contributed by atoms with Gasteiger partial charge in [0.2, 0.25) is 0 Å². The Morgan fingerprint density at radius 3 is 2.07 bits per heavy atom. The van der Waals surface area contributed by atoms with Crippen LogP contribution in [0.1, 0.15) is 82.3 Å². The summed E-state index contributed by atoms with van der Waals surface area (Å²) in [7, 11) is 0. The molecule has 0 unspecified atom stereocenters. The van der Waals surface area contributed by atoms with E-state index in [1.807, 2.05) is 0 Å². The molecule has 0 aliphatic heterocycles. The standard InChI is InChI=1S/C14H17F3O.C8H15F/c1-2-9-5-8-12(14(16)13(9)15)10-3-6-11(18-17)7-4-10;1-7-2-4-8(6-9)5-3-7/h5,8,10-11H,2-4,6-7H2,1H3;7-8H,2-6H2,1H3. The fourth-order valence-electron chi connectivity index (χ4n) is 4.14. The maximum atomic E-state index is 13.9. The largest absolute Gasteiger partial charge is 0.251 e. The van der Waals surface area contributed by atoms with Crippen LogP contribution in [0.5, 0.6) is 0 Å². The Hall–Kier alpha value is -1.10. The summed E-state index contributed by atoms with van der Waals surface area (Å²) in [6, 6.07) is 3.31. The van der Waals surface area contributed by atoms with Gasteiger partial charge in [-0.25, -0.2) is 8.78 Å². The van der Waals surface area contributed by atoms with Crippen molar-refractivity contribution in [1.82, 2.24) is 0 Å². The molecule has 2 aliphatic carbocycles. The fourth-order valence-corrected chi connectivity index (χ4v) is 4.14. The number of benzene rings is 1. The van der Waals surface area contributed by atoms with Gasteiger partial charge in [0.05, 0.1) is 12.8 Å². The summed E-state index contributed by atoms with van der Waals surface area (Å²) in [5.74, 6) is -0.247. The minimum atomic E-state index is -0.737. The van der Waals surface area contributed by atoms with Crippen LogP contribution in [0.2, 0.25) is 0 Å². The van der Waals surface area contributed by atoms with E-state index in [1.165, 1.54) is 12.8 Å². The Morgan fingerprint density at radius 1 is 0.926 bits per heavy atom. The molecule has 154 valence electrons. The Kier molecular flexibility index (Phi) is 9.07. The maximum absolute atomic E-state index is 13.9. The highest BCUT2D eigenvalue weighted by atomic mass is 19.3. The summed E-state index contributed by atoms with van der Waals surface area (Å²) < 4.78 is 51.7. The second kappa shape index (κ2) is 11.0. The maximum Gasteiger partial charge on any atom is 0.162 e. The van der Waals surface area contributed by atoms with Crippen LogP contribution in [0.25, 0.3) is 0 Å². The van der Waals surface area contributed by atoms with Gasteiger partial charge in [-0.05, 0) is 78.4 Å². The molecule has 3 rings (SSSR count). The molecule has 5 heteroatoms. The van der Waals surface area contributed by atoms with Crippen LogP contribution >= 0.6 is 0 Å². The monoisotopic (exact) mass is 388 g/mol. The van der Waals surface area contributed by atoms with Gasteiger partial charge in [-0.1, -0.05) is 38.8 Å². The molecule has 0 atom stereocenters. The second-order valence-corrected chi connectivity index (χ2v) is 8.14. The summed E-state index contributed by atoms with van der Waals surface area (Å²) in [6.07, 6.45) is 7.20. The van der Waals surface area contributed by atoms with Crippen LogP contribution in [0, 0.1) is 23.5 Å². The van der Waals surface area contributed by atoms with Crippen molar-refractivity contribution >= 4 is 0 Å².